The molecule has 1 aromatic carbocycles. The van der Waals surface area contributed by atoms with Crippen LogP contribution in [0, 0.1) is 0 Å². The maximum absolute atomic E-state index is 13.1. The van der Waals surface area contributed by atoms with Crippen molar-refractivity contribution in [2.45, 2.75) is 75.9 Å². The zero-order chi connectivity index (χ0) is 19.0. The van der Waals surface area contributed by atoms with Gasteiger partial charge in [0.05, 0.1) is 12.1 Å². The van der Waals surface area contributed by atoms with Gasteiger partial charge >= 0.3 is 0 Å². The van der Waals surface area contributed by atoms with E-state index < -0.39 is 6.04 Å². The zero-order valence-corrected chi connectivity index (χ0v) is 16.1. The lowest BCUT2D eigenvalue weighted by Gasteiger charge is -2.39. The third kappa shape index (κ3) is 3.60. The van der Waals surface area contributed by atoms with E-state index in [4.69, 9.17) is 4.74 Å². The minimum absolute atomic E-state index is 0.0147. The van der Waals surface area contributed by atoms with Crippen molar-refractivity contribution in [3.63, 3.8) is 0 Å². The molecule has 6 heteroatoms. The Morgan fingerprint density at radius 3 is 2.48 bits per heavy atom. The highest BCUT2D eigenvalue weighted by molar-refractivity contribution is 5.90. The van der Waals surface area contributed by atoms with Crippen LogP contribution in [0.25, 0.3) is 0 Å². The Balaban J connectivity index is 1.40. The molecule has 0 radical (unpaired) electrons. The first-order valence-corrected chi connectivity index (χ1v) is 10.1. The van der Waals surface area contributed by atoms with Crippen molar-refractivity contribution < 1.29 is 14.3 Å². The second kappa shape index (κ2) is 7.60. The van der Waals surface area contributed by atoms with Gasteiger partial charge in [0.1, 0.15) is 12.3 Å². The summed E-state index contributed by atoms with van der Waals surface area (Å²) < 4.78 is 6.40. The van der Waals surface area contributed by atoms with Gasteiger partial charge in [0.25, 0.3) is 0 Å². The number of carbonyl (C=O) groups excluding carboxylic acids is 2. The molecule has 4 atom stereocenters. The average Bonchev–Trinajstić information content (AvgIpc) is 3.27. The van der Waals surface area contributed by atoms with Gasteiger partial charge in [-0.1, -0.05) is 24.3 Å². The Morgan fingerprint density at radius 1 is 1.15 bits per heavy atom. The van der Waals surface area contributed by atoms with E-state index in [1.54, 1.807) is 14.0 Å². The van der Waals surface area contributed by atoms with Crippen LogP contribution < -0.4 is 10.6 Å². The van der Waals surface area contributed by atoms with Crippen LogP contribution >= 0.6 is 0 Å². The molecule has 2 unspecified atom stereocenters. The molecule has 1 aromatic rings. The van der Waals surface area contributed by atoms with E-state index in [1.807, 2.05) is 4.90 Å². The van der Waals surface area contributed by atoms with Crippen molar-refractivity contribution in [1.82, 2.24) is 15.5 Å². The van der Waals surface area contributed by atoms with Crippen LogP contribution in [-0.2, 0) is 27.2 Å². The normalized spacial score (nSPS) is 28.7. The minimum atomic E-state index is -0.436. The summed E-state index contributed by atoms with van der Waals surface area (Å²) in [5, 5.41) is 5.83. The highest BCUT2D eigenvalue weighted by Crippen LogP contribution is 2.35. The fraction of sp³-hybridized carbons (Fsp3) is 0.619. The van der Waals surface area contributed by atoms with Gasteiger partial charge in [-0.05, 0) is 63.6 Å². The molecule has 146 valence electrons. The second-order valence-corrected chi connectivity index (χ2v) is 8.02. The first-order valence-electron chi connectivity index (χ1n) is 10.1. The van der Waals surface area contributed by atoms with Gasteiger partial charge in [-0.2, -0.15) is 0 Å². The Labute approximate surface area is 160 Å². The van der Waals surface area contributed by atoms with Crippen molar-refractivity contribution in [1.29, 1.82) is 0 Å². The topological polar surface area (TPSA) is 70.7 Å². The number of nitrogens with one attached hydrogen (secondary N) is 2. The van der Waals surface area contributed by atoms with Crippen molar-refractivity contribution in [3.05, 3.63) is 35.4 Å². The molecule has 6 nitrogen and oxygen atoms in total. The van der Waals surface area contributed by atoms with E-state index in [9.17, 15) is 9.59 Å². The quantitative estimate of drug-likeness (QED) is 0.820. The van der Waals surface area contributed by atoms with Crippen LogP contribution in [0.2, 0.25) is 0 Å². The molecule has 0 saturated carbocycles. The van der Waals surface area contributed by atoms with Crippen LogP contribution in [0.1, 0.15) is 43.7 Å². The van der Waals surface area contributed by atoms with E-state index in [0.717, 1.165) is 32.1 Å². The molecule has 2 saturated heterocycles. The van der Waals surface area contributed by atoms with Crippen molar-refractivity contribution >= 4 is 11.8 Å². The molecular weight excluding hydrogens is 342 g/mol. The molecular formula is C21H29N3O3. The summed E-state index contributed by atoms with van der Waals surface area (Å²) in [5.41, 5.74) is 2.71. The Morgan fingerprint density at radius 2 is 1.81 bits per heavy atom. The Kier molecular flexibility index (Phi) is 5.19. The summed E-state index contributed by atoms with van der Waals surface area (Å²) in [6, 6.07) is 7.97. The molecule has 2 amide bonds. The molecule has 3 aliphatic rings. The summed E-state index contributed by atoms with van der Waals surface area (Å²) in [4.78, 5) is 27.2. The van der Waals surface area contributed by atoms with E-state index in [1.165, 1.54) is 11.1 Å². The van der Waals surface area contributed by atoms with E-state index in [2.05, 4.69) is 34.9 Å². The molecule has 2 heterocycles. The number of fused-ring (bicyclic) bond motifs is 2. The fourth-order valence-corrected chi connectivity index (χ4v) is 4.65. The smallest absolute Gasteiger partial charge is 0.247 e. The first-order chi connectivity index (χ1) is 13.1. The predicted octanol–water partition coefficient (Wildman–Crippen LogP) is 1.37. The number of amides is 2. The molecule has 0 aromatic heterocycles. The standard InChI is InChI=1S/C21H29N3O3/c1-13(22-2)20(25)23-18-9-7-16-8-10-19(24(16)21(18)26)27-17-11-14-5-3-4-6-15(14)12-17/h3-6,13,16-19,22H,7-12H2,1-2H3,(H,23,25)/t13?,16-,18-,19?/m0/s1. The van der Waals surface area contributed by atoms with Crippen LogP contribution in [0.15, 0.2) is 24.3 Å². The highest BCUT2D eigenvalue weighted by atomic mass is 16.5. The molecule has 0 spiro atoms. The Hall–Kier alpha value is -1.92. The summed E-state index contributed by atoms with van der Waals surface area (Å²) in [5.74, 6) is -0.113. The van der Waals surface area contributed by atoms with Crippen molar-refractivity contribution in [2.75, 3.05) is 7.05 Å². The number of ether oxygens (including phenoxy) is 1. The van der Waals surface area contributed by atoms with Gasteiger partial charge < -0.3 is 20.3 Å². The van der Waals surface area contributed by atoms with Gasteiger partial charge in [0.2, 0.25) is 11.8 Å². The fourth-order valence-electron chi connectivity index (χ4n) is 4.65. The van der Waals surface area contributed by atoms with Gasteiger partial charge in [-0.25, -0.2) is 0 Å². The number of nitrogens with zero attached hydrogens (tertiary/aromatic N) is 1. The lowest BCUT2D eigenvalue weighted by molar-refractivity contribution is -0.157. The number of carbonyl (C=O) groups is 2. The molecule has 4 rings (SSSR count). The summed E-state index contributed by atoms with van der Waals surface area (Å²) >= 11 is 0. The number of hydrogen-bond acceptors (Lipinski definition) is 4. The van der Waals surface area contributed by atoms with Crippen molar-refractivity contribution in [3.8, 4) is 0 Å². The minimum Gasteiger partial charge on any atom is -0.354 e. The highest BCUT2D eigenvalue weighted by Gasteiger charge is 2.45. The number of hydrogen-bond donors (Lipinski definition) is 2. The van der Waals surface area contributed by atoms with E-state index in [-0.39, 0.29) is 36.2 Å². The summed E-state index contributed by atoms with van der Waals surface area (Å²) in [6.45, 7) is 1.80. The Bertz CT molecular complexity index is 697. The molecule has 27 heavy (non-hydrogen) atoms. The van der Waals surface area contributed by atoms with Crippen LogP contribution in [0.3, 0.4) is 0 Å². The second-order valence-electron chi connectivity index (χ2n) is 8.02. The third-order valence-electron chi connectivity index (χ3n) is 6.30. The zero-order valence-electron chi connectivity index (χ0n) is 16.1. The maximum Gasteiger partial charge on any atom is 0.247 e. The van der Waals surface area contributed by atoms with E-state index >= 15 is 0 Å². The van der Waals surface area contributed by atoms with E-state index in [0.29, 0.717) is 6.42 Å². The number of piperidine rings is 1. The maximum atomic E-state index is 13.1. The lowest BCUT2D eigenvalue weighted by atomic mass is 9.98. The third-order valence-corrected chi connectivity index (χ3v) is 6.30. The first kappa shape index (κ1) is 18.4. The van der Waals surface area contributed by atoms with Crippen LogP contribution in [0.4, 0.5) is 0 Å². The molecule has 2 fully saturated rings. The van der Waals surface area contributed by atoms with Crippen LogP contribution in [0.5, 0.6) is 0 Å². The largest absolute Gasteiger partial charge is 0.354 e. The summed E-state index contributed by atoms with van der Waals surface area (Å²) in [7, 11) is 1.74. The summed E-state index contributed by atoms with van der Waals surface area (Å²) in [6.07, 6.45) is 5.32. The number of rotatable bonds is 5. The molecule has 1 aliphatic carbocycles. The molecule has 0 bridgehead atoms. The number of likely N-dealkylation sites (N-methyl/N-ethyl adjacent to an activating group) is 1. The van der Waals surface area contributed by atoms with Crippen molar-refractivity contribution in [2.24, 2.45) is 0 Å². The van der Waals surface area contributed by atoms with Gasteiger partial charge in [-0.15, -0.1) is 0 Å². The average molecular weight is 371 g/mol. The SMILES string of the molecule is CNC(C)C(=O)N[C@H]1CC[C@H]2CCC(OC3Cc4ccccc4C3)N2C1=O. The van der Waals surface area contributed by atoms with Crippen LogP contribution in [-0.4, -0.2) is 54.2 Å². The van der Waals surface area contributed by atoms with Gasteiger partial charge in [-0.3, -0.25) is 9.59 Å². The molecule has 2 aliphatic heterocycles. The van der Waals surface area contributed by atoms with Gasteiger partial charge in [0, 0.05) is 6.04 Å². The predicted molar refractivity (Wildman–Crippen MR) is 102 cm³/mol. The van der Waals surface area contributed by atoms with Gasteiger partial charge in [0.15, 0.2) is 0 Å². The number of benzene rings is 1. The molecule has 2 N–H and O–H groups in total. The lowest BCUT2D eigenvalue weighted by Crippen LogP contribution is -2.58. The monoisotopic (exact) mass is 371 g/mol.